The number of aromatic nitrogens is 3. The molecule has 3 heterocycles. The normalized spacial score (nSPS) is 20.7. The van der Waals surface area contributed by atoms with E-state index in [1.807, 2.05) is 29.5 Å². The first-order chi connectivity index (χ1) is 16.6. The van der Waals surface area contributed by atoms with Crippen molar-refractivity contribution in [3.63, 3.8) is 0 Å². The van der Waals surface area contributed by atoms with Crippen molar-refractivity contribution < 1.29 is 14.3 Å². The second-order valence-corrected chi connectivity index (χ2v) is 10.7. The Kier molecular flexibility index (Phi) is 6.70. The van der Waals surface area contributed by atoms with Gasteiger partial charge in [-0.3, -0.25) is 24.1 Å². The van der Waals surface area contributed by atoms with Gasteiger partial charge in [0.2, 0.25) is 5.91 Å². The number of carbonyl (C=O) groups is 2. The molecule has 4 rings (SSSR count). The first-order valence-electron chi connectivity index (χ1n) is 11.4. The molecule has 35 heavy (non-hydrogen) atoms. The SMILES string of the molecule is CNC(=O)C1(Cn2cccn2)CN(C)C(c2nccs2)N1C(=O)c1ccc(C(C)(C)C)c(OC)c1. The molecule has 0 spiro atoms. The number of methoxy groups -OCH3 is 1. The maximum absolute atomic E-state index is 14.3. The van der Waals surface area contributed by atoms with Crippen LogP contribution in [0.3, 0.4) is 0 Å². The predicted octanol–water partition coefficient (Wildman–Crippen LogP) is 2.92. The number of rotatable bonds is 6. The van der Waals surface area contributed by atoms with Crippen LogP contribution in [0.25, 0.3) is 0 Å². The summed E-state index contributed by atoms with van der Waals surface area (Å²) < 4.78 is 7.36. The minimum absolute atomic E-state index is 0.157. The zero-order chi connectivity index (χ0) is 25.4. The van der Waals surface area contributed by atoms with Gasteiger partial charge in [-0.1, -0.05) is 26.8 Å². The molecule has 1 saturated heterocycles. The van der Waals surface area contributed by atoms with Crippen LogP contribution >= 0.6 is 11.3 Å². The minimum atomic E-state index is -1.21. The highest BCUT2D eigenvalue weighted by molar-refractivity contribution is 7.09. The van der Waals surface area contributed by atoms with E-state index < -0.39 is 11.7 Å². The molecule has 9 nitrogen and oxygen atoms in total. The van der Waals surface area contributed by atoms with Crippen LogP contribution in [0, 0.1) is 0 Å². The van der Waals surface area contributed by atoms with Crippen LogP contribution in [0.15, 0.2) is 48.2 Å². The Morgan fingerprint density at radius 3 is 2.63 bits per heavy atom. The summed E-state index contributed by atoms with van der Waals surface area (Å²) in [5.41, 5.74) is 0.0794. The van der Waals surface area contributed by atoms with Crippen molar-refractivity contribution in [2.75, 3.05) is 27.7 Å². The van der Waals surface area contributed by atoms with Gasteiger partial charge >= 0.3 is 0 Å². The van der Waals surface area contributed by atoms with Crippen molar-refractivity contribution >= 4 is 23.2 Å². The molecule has 1 aromatic carbocycles. The quantitative estimate of drug-likeness (QED) is 0.564. The monoisotopic (exact) mass is 496 g/mol. The van der Waals surface area contributed by atoms with Crippen molar-refractivity contribution in [1.29, 1.82) is 0 Å². The van der Waals surface area contributed by atoms with Gasteiger partial charge in [0.15, 0.2) is 5.54 Å². The molecule has 1 fully saturated rings. The Hall–Kier alpha value is -3.24. The third kappa shape index (κ3) is 4.43. The first kappa shape index (κ1) is 24.9. The van der Waals surface area contributed by atoms with Gasteiger partial charge in [0.25, 0.3) is 5.91 Å². The number of nitrogens with zero attached hydrogens (tertiary/aromatic N) is 5. The van der Waals surface area contributed by atoms with Crippen molar-refractivity contribution in [2.24, 2.45) is 0 Å². The number of thiazole rings is 1. The largest absolute Gasteiger partial charge is 0.496 e. The first-order valence-corrected chi connectivity index (χ1v) is 12.3. The number of likely N-dealkylation sites (N-methyl/N-ethyl adjacent to an activating group) is 2. The highest BCUT2D eigenvalue weighted by atomic mass is 32.1. The Bertz CT molecular complexity index is 1190. The molecule has 0 radical (unpaired) electrons. The molecule has 2 aromatic heterocycles. The fourth-order valence-electron chi connectivity index (χ4n) is 4.83. The van der Waals surface area contributed by atoms with Crippen LogP contribution in [0.1, 0.15) is 47.9 Å². The highest BCUT2D eigenvalue weighted by Crippen LogP contribution is 2.42. The molecular formula is C25H32N6O3S. The van der Waals surface area contributed by atoms with Crippen LogP contribution in [0.2, 0.25) is 0 Å². The number of nitrogens with one attached hydrogen (secondary N) is 1. The van der Waals surface area contributed by atoms with Gasteiger partial charge in [0.1, 0.15) is 16.9 Å². The third-order valence-electron chi connectivity index (χ3n) is 6.41. The summed E-state index contributed by atoms with van der Waals surface area (Å²) in [5, 5.41) is 9.74. The van der Waals surface area contributed by atoms with E-state index in [2.05, 4.69) is 36.2 Å². The number of hydrogen-bond donors (Lipinski definition) is 1. The van der Waals surface area contributed by atoms with Gasteiger partial charge < -0.3 is 10.1 Å². The van der Waals surface area contributed by atoms with E-state index in [1.54, 1.807) is 54.5 Å². The van der Waals surface area contributed by atoms with Crippen LogP contribution < -0.4 is 10.1 Å². The summed E-state index contributed by atoms with van der Waals surface area (Å²) in [7, 11) is 5.10. The van der Waals surface area contributed by atoms with Gasteiger partial charge in [0.05, 0.1) is 13.7 Å². The van der Waals surface area contributed by atoms with Crippen molar-refractivity contribution in [2.45, 2.75) is 44.4 Å². The van der Waals surface area contributed by atoms with Crippen LogP contribution in [-0.4, -0.2) is 69.7 Å². The average Bonchev–Trinajstić information content (AvgIpc) is 3.58. The summed E-state index contributed by atoms with van der Waals surface area (Å²) in [6.07, 6.45) is 4.66. The van der Waals surface area contributed by atoms with E-state index in [1.165, 1.54) is 11.3 Å². The lowest BCUT2D eigenvalue weighted by Gasteiger charge is -2.38. The molecular weight excluding hydrogens is 464 g/mol. The molecule has 3 aromatic rings. The second-order valence-electron chi connectivity index (χ2n) is 9.81. The summed E-state index contributed by atoms with van der Waals surface area (Å²) in [6.45, 7) is 6.82. The van der Waals surface area contributed by atoms with Crippen molar-refractivity contribution in [1.82, 2.24) is 29.9 Å². The van der Waals surface area contributed by atoms with E-state index in [0.717, 1.165) is 10.6 Å². The molecule has 2 atom stereocenters. The highest BCUT2D eigenvalue weighted by Gasteiger charge is 2.58. The lowest BCUT2D eigenvalue weighted by atomic mass is 9.85. The van der Waals surface area contributed by atoms with Gasteiger partial charge in [-0.15, -0.1) is 11.3 Å². The third-order valence-corrected chi connectivity index (χ3v) is 7.23. The smallest absolute Gasteiger partial charge is 0.256 e. The number of benzene rings is 1. The molecule has 2 unspecified atom stereocenters. The summed E-state index contributed by atoms with van der Waals surface area (Å²) in [6, 6.07) is 7.31. The lowest BCUT2D eigenvalue weighted by Crippen LogP contribution is -2.61. The summed E-state index contributed by atoms with van der Waals surface area (Å²) in [5.74, 6) is 0.105. The molecule has 0 bridgehead atoms. The number of amides is 2. The molecule has 0 saturated carbocycles. The summed E-state index contributed by atoms with van der Waals surface area (Å²) >= 11 is 1.46. The maximum Gasteiger partial charge on any atom is 0.256 e. The molecule has 186 valence electrons. The topological polar surface area (TPSA) is 92.6 Å². The lowest BCUT2D eigenvalue weighted by molar-refractivity contribution is -0.131. The molecule has 1 aliphatic heterocycles. The van der Waals surface area contributed by atoms with Crippen LogP contribution in [-0.2, 0) is 16.8 Å². The zero-order valence-corrected chi connectivity index (χ0v) is 21.8. The molecule has 1 aliphatic rings. The van der Waals surface area contributed by atoms with Crippen LogP contribution in [0.5, 0.6) is 5.75 Å². The standard InChI is InChI=1S/C25H32N6O3S/c1-24(2,3)18-9-8-17(14-19(18)34-6)22(32)31-21(20-27-11-13-35-20)29(5)15-25(31,23(33)26-4)16-30-12-7-10-28-30/h7-14,21H,15-16H2,1-6H3,(H,26,33). The van der Waals surface area contributed by atoms with E-state index in [0.29, 0.717) is 17.9 Å². The van der Waals surface area contributed by atoms with Crippen molar-refractivity contribution in [3.05, 3.63) is 64.4 Å². The molecule has 1 N–H and O–H groups in total. The Labute approximate surface area is 209 Å². The minimum Gasteiger partial charge on any atom is -0.496 e. The van der Waals surface area contributed by atoms with Crippen LogP contribution in [0.4, 0.5) is 0 Å². The predicted molar refractivity (Wildman–Crippen MR) is 134 cm³/mol. The van der Waals surface area contributed by atoms with Gasteiger partial charge in [-0.2, -0.15) is 5.10 Å². The van der Waals surface area contributed by atoms with E-state index in [9.17, 15) is 9.59 Å². The fraction of sp³-hybridized carbons (Fsp3) is 0.440. The number of ether oxygens (including phenoxy) is 1. The van der Waals surface area contributed by atoms with Gasteiger partial charge in [-0.25, -0.2) is 4.98 Å². The van der Waals surface area contributed by atoms with Gasteiger partial charge in [0, 0.05) is 43.1 Å². The number of hydrogen-bond acceptors (Lipinski definition) is 7. The Balaban J connectivity index is 1.87. The Morgan fingerprint density at radius 1 is 1.29 bits per heavy atom. The second kappa shape index (κ2) is 9.43. The van der Waals surface area contributed by atoms with Crippen molar-refractivity contribution in [3.8, 4) is 5.75 Å². The molecule has 2 amide bonds. The average molecular weight is 497 g/mol. The fourth-order valence-corrected chi connectivity index (χ4v) is 5.62. The molecule has 0 aliphatic carbocycles. The van der Waals surface area contributed by atoms with E-state index in [4.69, 9.17) is 4.74 Å². The van der Waals surface area contributed by atoms with E-state index >= 15 is 0 Å². The maximum atomic E-state index is 14.3. The van der Waals surface area contributed by atoms with E-state index in [-0.39, 0.29) is 23.8 Å². The Morgan fingerprint density at radius 2 is 2.06 bits per heavy atom. The summed E-state index contributed by atoms with van der Waals surface area (Å²) in [4.78, 5) is 36.0. The van der Waals surface area contributed by atoms with Gasteiger partial charge in [-0.05, 0) is 36.2 Å². The number of carbonyl (C=O) groups excluding carboxylic acids is 2. The zero-order valence-electron chi connectivity index (χ0n) is 21.0. The molecule has 10 heteroatoms.